The van der Waals surface area contributed by atoms with Crippen molar-refractivity contribution < 1.29 is 0 Å². The number of rotatable bonds is 1. The first-order chi connectivity index (χ1) is 9.33. The fourth-order valence-corrected chi connectivity index (χ4v) is 3.89. The first-order valence-corrected chi connectivity index (χ1v) is 7.66. The second-order valence-corrected chi connectivity index (χ2v) is 6.25. The first-order valence-electron chi connectivity index (χ1n) is 6.78. The standard InChI is InChI=1S/C13H17N5S/c1-8-3-5-19-11(8)12-16-13-15-7-9-6-14-4-2-10(9)18(13)17-12/h3,5,9-10,14H,2,4,6-7H2,1H3,(H,15,16,17). The molecule has 0 radical (unpaired) electrons. The third kappa shape index (κ3) is 1.78. The Kier molecular flexibility index (Phi) is 2.60. The molecule has 2 unspecified atom stereocenters. The lowest BCUT2D eigenvalue weighted by atomic mass is 9.92. The Morgan fingerprint density at radius 3 is 3.21 bits per heavy atom. The zero-order valence-corrected chi connectivity index (χ0v) is 11.7. The van der Waals surface area contributed by atoms with Gasteiger partial charge in [-0.25, -0.2) is 4.68 Å². The zero-order chi connectivity index (χ0) is 12.8. The van der Waals surface area contributed by atoms with E-state index < -0.39 is 0 Å². The van der Waals surface area contributed by atoms with Crippen molar-refractivity contribution in [2.45, 2.75) is 19.4 Å². The van der Waals surface area contributed by atoms with Gasteiger partial charge in [0.25, 0.3) is 0 Å². The molecule has 100 valence electrons. The Bertz CT molecular complexity index is 602. The van der Waals surface area contributed by atoms with Gasteiger partial charge in [-0.15, -0.1) is 16.4 Å². The normalized spacial score (nSPS) is 25.5. The van der Waals surface area contributed by atoms with Gasteiger partial charge < -0.3 is 10.6 Å². The highest BCUT2D eigenvalue weighted by Crippen LogP contribution is 2.34. The molecule has 0 saturated carbocycles. The van der Waals surface area contributed by atoms with Crippen LogP contribution in [-0.4, -0.2) is 34.4 Å². The summed E-state index contributed by atoms with van der Waals surface area (Å²) >= 11 is 1.72. The molecule has 0 aromatic carbocycles. The molecule has 0 aliphatic carbocycles. The van der Waals surface area contributed by atoms with Crippen molar-refractivity contribution in [3.63, 3.8) is 0 Å². The maximum Gasteiger partial charge on any atom is 0.222 e. The number of piperidine rings is 1. The van der Waals surface area contributed by atoms with Gasteiger partial charge in [0.1, 0.15) is 0 Å². The van der Waals surface area contributed by atoms with Crippen molar-refractivity contribution in [1.29, 1.82) is 0 Å². The molecule has 4 rings (SSSR count). The molecule has 5 nitrogen and oxygen atoms in total. The smallest absolute Gasteiger partial charge is 0.222 e. The van der Waals surface area contributed by atoms with Crippen LogP contribution >= 0.6 is 11.3 Å². The highest BCUT2D eigenvalue weighted by molar-refractivity contribution is 7.13. The van der Waals surface area contributed by atoms with E-state index in [0.29, 0.717) is 12.0 Å². The van der Waals surface area contributed by atoms with Crippen LogP contribution in [0.25, 0.3) is 10.7 Å². The number of thiophene rings is 1. The summed E-state index contributed by atoms with van der Waals surface area (Å²) in [5.74, 6) is 2.43. The quantitative estimate of drug-likeness (QED) is 0.834. The molecular weight excluding hydrogens is 258 g/mol. The number of aryl methyl sites for hydroxylation is 1. The van der Waals surface area contributed by atoms with Gasteiger partial charge in [0.05, 0.1) is 10.9 Å². The molecule has 2 aliphatic heterocycles. The molecular formula is C13H17N5S. The fraction of sp³-hybridized carbons (Fsp3) is 0.538. The van der Waals surface area contributed by atoms with E-state index in [2.05, 4.69) is 38.7 Å². The van der Waals surface area contributed by atoms with Crippen molar-refractivity contribution >= 4 is 17.3 Å². The second-order valence-electron chi connectivity index (χ2n) is 5.34. The van der Waals surface area contributed by atoms with Gasteiger partial charge in [0, 0.05) is 19.0 Å². The maximum absolute atomic E-state index is 4.76. The van der Waals surface area contributed by atoms with Crippen molar-refractivity contribution in [2.75, 3.05) is 25.0 Å². The molecule has 2 aliphatic rings. The number of fused-ring (bicyclic) bond motifs is 3. The molecule has 0 amide bonds. The van der Waals surface area contributed by atoms with Crippen molar-refractivity contribution in [3.8, 4) is 10.7 Å². The van der Waals surface area contributed by atoms with Crippen molar-refractivity contribution in [3.05, 3.63) is 17.0 Å². The summed E-state index contributed by atoms with van der Waals surface area (Å²) in [6, 6.07) is 2.62. The Morgan fingerprint density at radius 2 is 2.37 bits per heavy atom. The van der Waals surface area contributed by atoms with E-state index in [1.807, 2.05) is 0 Å². The zero-order valence-electron chi connectivity index (χ0n) is 10.9. The number of anilines is 1. The van der Waals surface area contributed by atoms with Gasteiger partial charge in [-0.2, -0.15) is 4.98 Å². The number of nitrogens with zero attached hydrogens (tertiary/aromatic N) is 3. The van der Waals surface area contributed by atoms with Crippen molar-refractivity contribution in [2.24, 2.45) is 5.92 Å². The fourth-order valence-electron chi connectivity index (χ4n) is 3.03. The highest BCUT2D eigenvalue weighted by Gasteiger charge is 2.33. The molecule has 1 fully saturated rings. The molecule has 4 heterocycles. The van der Waals surface area contributed by atoms with E-state index in [1.54, 1.807) is 11.3 Å². The van der Waals surface area contributed by atoms with E-state index in [-0.39, 0.29) is 0 Å². The molecule has 6 heteroatoms. The average molecular weight is 275 g/mol. The molecule has 19 heavy (non-hydrogen) atoms. The Hall–Kier alpha value is -1.40. The predicted molar refractivity (Wildman–Crippen MR) is 76.6 cm³/mol. The van der Waals surface area contributed by atoms with Crippen LogP contribution < -0.4 is 10.6 Å². The number of hydrogen-bond acceptors (Lipinski definition) is 5. The van der Waals surface area contributed by atoms with E-state index in [4.69, 9.17) is 5.10 Å². The van der Waals surface area contributed by atoms with Gasteiger partial charge in [0.15, 0.2) is 5.82 Å². The highest BCUT2D eigenvalue weighted by atomic mass is 32.1. The van der Waals surface area contributed by atoms with Crippen LogP contribution in [-0.2, 0) is 0 Å². The lowest BCUT2D eigenvalue weighted by molar-refractivity contribution is 0.237. The largest absolute Gasteiger partial charge is 0.354 e. The van der Waals surface area contributed by atoms with Crippen LogP contribution in [0.1, 0.15) is 18.0 Å². The van der Waals surface area contributed by atoms with E-state index in [0.717, 1.165) is 37.8 Å². The first kappa shape index (κ1) is 11.4. The van der Waals surface area contributed by atoms with Crippen molar-refractivity contribution in [1.82, 2.24) is 20.1 Å². The molecule has 0 bridgehead atoms. The Balaban J connectivity index is 1.75. The van der Waals surface area contributed by atoms with Gasteiger partial charge >= 0.3 is 0 Å². The molecule has 2 aromatic heterocycles. The summed E-state index contributed by atoms with van der Waals surface area (Å²) in [5, 5.41) is 13.7. The minimum Gasteiger partial charge on any atom is -0.354 e. The van der Waals surface area contributed by atoms with E-state index >= 15 is 0 Å². The molecule has 2 N–H and O–H groups in total. The monoisotopic (exact) mass is 275 g/mol. The van der Waals surface area contributed by atoms with Crippen LogP contribution in [0.5, 0.6) is 0 Å². The van der Waals surface area contributed by atoms with Crippen LogP contribution in [0.15, 0.2) is 11.4 Å². The maximum atomic E-state index is 4.76. The summed E-state index contributed by atoms with van der Waals surface area (Å²) < 4.78 is 2.11. The summed E-state index contributed by atoms with van der Waals surface area (Å²) in [7, 11) is 0. The molecule has 0 spiro atoms. The van der Waals surface area contributed by atoms with Crippen LogP contribution in [0, 0.1) is 12.8 Å². The summed E-state index contributed by atoms with van der Waals surface area (Å²) in [6.07, 6.45) is 1.14. The van der Waals surface area contributed by atoms with Gasteiger partial charge in [-0.05, 0) is 36.9 Å². The average Bonchev–Trinajstić information content (AvgIpc) is 3.04. The minimum atomic E-state index is 0.499. The molecule has 1 saturated heterocycles. The second kappa shape index (κ2) is 4.31. The number of aromatic nitrogens is 3. The predicted octanol–water partition coefficient (Wildman–Crippen LogP) is 1.89. The Morgan fingerprint density at radius 1 is 1.42 bits per heavy atom. The van der Waals surface area contributed by atoms with Gasteiger partial charge in [0.2, 0.25) is 5.95 Å². The Labute approximate surface area is 116 Å². The topological polar surface area (TPSA) is 54.8 Å². The van der Waals surface area contributed by atoms with Crippen LogP contribution in [0.4, 0.5) is 5.95 Å². The molecule has 2 atom stereocenters. The number of hydrogen-bond donors (Lipinski definition) is 2. The minimum absolute atomic E-state index is 0.499. The van der Waals surface area contributed by atoms with Gasteiger partial charge in [-0.3, -0.25) is 0 Å². The lowest BCUT2D eigenvalue weighted by Gasteiger charge is -2.36. The van der Waals surface area contributed by atoms with Crippen LogP contribution in [0.3, 0.4) is 0 Å². The van der Waals surface area contributed by atoms with E-state index in [9.17, 15) is 0 Å². The number of nitrogens with one attached hydrogen (secondary N) is 2. The van der Waals surface area contributed by atoms with Crippen LogP contribution in [0.2, 0.25) is 0 Å². The lowest BCUT2D eigenvalue weighted by Crippen LogP contribution is -2.44. The summed E-state index contributed by atoms with van der Waals surface area (Å²) in [4.78, 5) is 5.86. The van der Waals surface area contributed by atoms with E-state index in [1.165, 1.54) is 10.4 Å². The summed E-state index contributed by atoms with van der Waals surface area (Å²) in [6.45, 7) is 5.27. The SMILES string of the molecule is Cc1ccsc1-c1nc2n(n1)C1CCNCC1CN2. The third-order valence-corrected chi connectivity index (χ3v) is 5.11. The molecule has 2 aromatic rings. The van der Waals surface area contributed by atoms with Gasteiger partial charge in [-0.1, -0.05) is 0 Å². The third-order valence-electron chi connectivity index (χ3n) is 4.10. The summed E-state index contributed by atoms with van der Waals surface area (Å²) in [5.41, 5.74) is 1.26.